The normalized spacial score (nSPS) is 19.0. The summed E-state index contributed by atoms with van der Waals surface area (Å²) in [5.41, 5.74) is 8.36. The summed E-state index contributed by atoms with van der Waals surface area (Å²) in [6.07, 6.45) is 11.6. The molecule has 4 nitrogen and oxygen atoms in total. The van der Waals surface area contributed by atoms with Crippen LogP contribution in [-0.2, 0) is 44.0 Å². The van der Waals surface area contributed by atoms with Gasteiger partial charge in [0.25, 0.3) is 0 Å². The Kier molecular flexibility index (Phi) is 14.5. The van der Waals surface area contributed by atoms with Gasteiger partial charge in [0.2, 0.25) is 0 Å². The lowest BCUT2D eigenvalue weighted by molar-refractivity contribution is 0.263. The summed E-state index contributed by atoms with van der Waals surface area (Å²) >= 11 is 0. The summed E-state index contributed by atoms with van der Waals surface area (Å²) in [6.45, 7) is 36.4. The molecule has 2 saturated heterocycles. The van der Waals surface area contributed by atoms with Crippen LogP contribution in [0.1, 0.15) is 182 Å². The summed E-state index contributed by atoms with van der Waals surface area (Å²) in [5.74, 6) is 3.48. The Hall–Kier alpha value is -2.04. The molecule has 2 heterocycles. The van der Waals surface area contributed by atoms with Crippen LogP contribution in [0, 0.1) is 11.8 Å². The van der Waals surface area contributed by atoms with E-state index in [1.165, 1.54) is 33.4 Å². The molecule has 294 valence electrons. The van der Waals surface area contributed by atoms with Gasteiger partial charge < -0.3 is 18.9 Å². The minimum Gasteiger partial charge on any atom is -0.493 e. The summed E-state index contributed by atoms with van der Waals surface area (Å²) < 4.78 is 24.8. The van der Waals surface area contributed by atoms with E-state index in [9.17, 15) is 0 Å². The molecular weight excluding hydrogens is 641 g/mol. The van der Waals surface area contributed by atoms with Crippen molar-refractivity contribution >= 4 is 0 Å². The zero-order valence-corrected chi connectivity index (χ0v) is 36.2. The van der Waals surface area contributed by atoms with E-state index in [4.69, 9.17) is 18.9 Å². The second-order valence-corrected chi connectivity index (χ2v) is 19.2. The van der Waals surface area contributed by atoms with E-state index in [2.05, 4.69) is 121 Å². The van der Waals surface area contributed by atoms with Crippen LogP contribution in [0.3, 0.4) is 0 Å². The molecule has 2 aliphatic heterocycles. The first kappa shape index (κ1) is 42.7. The summed E-state index contributed by atoms with van der Waals surface area (Å²) in [5, 5.41) is 0. The van der Waals surface area contributed by atoms with Crippen LogP contribution in [0.15, 0.2) is 24.3 Å². The Morgan fingerprint density at radius 2 is 0.808 bits per heavy atom. The van der Waals surface area contributed by atoms with Crippen molar-refractivity contribution in [2.45, 2.75) is 195 Å². The van der Waals surface area contributed by atoms with E-state index in [1.54, 1.807) is 0 Å². The molecule has 4 atom stereocenters. The van der Waals surface area contributed by atoms with Gasteiger partial charge in [-0.15, -0.1) is 0 Å². The van der Waals surface area contributed by atoms with Crippen LogP contribution in [-0.4, -0.2) is 38.6 Å². The maximum absolute atomic E-state index is 6.86. The van der Waals surface area contributed by atoms with Crippen molar-refractivity contribution in [1.82, 2.24) is 0 Å². The zero-order chi connectivity index (χ0) is 38.5. The van der Waals surface area contributed by atoms with Crippen LogP contribution in [0.5, 0.6) is 11.5 Å². The van der Waals surface area contributed by atoms with Crippen LogP contribution < -0.4 is 9.47 Å². The van der Waals surface area contributed by atoms with Gasteiger partial charge in [0, 0.05) is 22.3 Å². The third-order valence-electron chi connectivity index (χ3n) is 13.5. The smallest absolute Gasteiger partial charge is 0.126 e. The van der Waals surface area contributed by atoms with Crippen molar-refractivity contribution in [2.24, 2.45) is 11.8 Å². The highest BCUT2D eigenvalue weighted by Gasteiger charge is 2.34. The van der Waals surface area contributed by atoms with Crippen molar-refractivity contribution < 1.29 is 18.9 Å². The third kappa shape index (κ3) is 10.8. The standard InChI is InChI=1S/C48H78O4/c1-15-45(7,8)37-27-35(28-38(46(9,10)16-2)43(37)49-25-19-21-33(5)41-31-51-41)23-24-36-29-39(47(11,12)17-3)44(40(30-36)48(13,14)18-4)50-26-20-22-34(6)42-32-52-42/h27-30,33-34,41-42H,15-26,31-32H2,1-14H3. The Morgan fingerprint density at radius 1 is 0.538 bits per heavy atom. The molecule has 2 aromatic rings. The molecule has 0 aliphatic carbocycles. The lowest BCUT2D eigenvalue weighted by atomic mass is 9.73. The quantitative estimate of drug-likeness (QED) is 0.0847. The number of rotatable bonds is 23. The predicted molar refractivity (Wildman–Crippen MR) is 221 cm³/mol. The highest BCUT2D eigenvalue weighted by atomic mass is 16.6. The predicted octanol–water partition coefficient (Wildman–Crippen LogP) is 12.6. The molecular formula is C48H78O4. The lowest BCUT2D eigenvalue weighted by Gasteiger charge is -2.34. The van der Waals surface area contributed by atoms with Crippen LogP contribution in [0.2, 0.25) is 0 Å². The number of aryl methyl sites for hydroxylation is 2. The van der Waals surface area contributed by atoms with E-state index in [1.807, 2.05) is 0 Å². The minimum atomic E-state index is 0.0121. The minimum absolute atomic E-state index is 0.0121. The van der Waals surface area contributed by atoms with E-state index in [0.29, 0.717) is 24.0 Å². The van der Waals surface area contributed by atoms with Crippen molar-refractivity contribution in [3.05, 3.63) is 57.6 Å². The fourth-order valence-corrected chi connectivity index (χ4v) is 7.34. The van der Waals surface area contributed by atoms with E-state index >= 15 is 0 Å². The van der Waals surface area contributed by atoms with Crippen molar-refractivity contribution in [3.63, 3.8) is 0 Å². The highest BCUT2D eigenvalue weighted by molar-refractivity contribution is 5.53. The number of epoxide rings is 2. The summed E-state index contributed by atoms with van der Waals surface area (Å²) in [4.78, 5) is 0. The Labute approximate surface area is 320 Å². The lowest BCUT2D eigenvalue weighted by Crippen LogP contribution is -2.24. The van der Waals surface area contributed by atoms with Gasteiger partial charge in [-0.3, -0.25) is 0 Å². The summed E-state index contributed by atoms with van der Waals surface area (Å²) in [6, 6.07) is 9.97. The molecule has 0 bridgehead atoms. The van der Waals surface area contributed by atoms with E-state index < -0.39 is 0 Å². The SMILES string of the molecule is CCC(C)(C)c1cc(CCc2cc(C(C)(C)CC)c(OCCCC(C)C3CO3)c(C(C)(C)CC)c2)cc(C(C)(C)CC)c1OCCCC(C)C1CO1. The number of hydrogen-bond donors (Lipinski definition) is 0. The van der Waals surface area contributed by atoms with E-state index in [-0.39, 0.29) is 21.7 Å². The molecule has 0 aromatic heterocycles. The monoisotopic (exact) mass is 719 g/mol. The van der Waals surface area contributed by atoms with Crippen molar-refractivity contribution in [2.75, 3.05) is 26.4 Å². The van der Waals surface area contributed by atoms with Crippen molar-refractivity contribution in [3.8, 4) is 11.5 Å². The van der Waals surface area contributed by atoms with Crippen LogP contribution in [0.4, 0.5) is 0 Å². The van der Waals surface area contributed by atoms with Gasteiger partial charge >= 0.3 is 0 Å². The first-order valence-corrected chi connectivity index (χ1v) is 21.2. The number of hydrogen-bond acceptors (Lipinski definition) is 4. The summed E-state index contributed by atoms with van der Waals surface area (Å²) in [7, 11) is 0. The largest absolute Gasteiger partial charge is 0.493 e. The number of ether oxygens (including phenoxy) is 4. The van der Waals surface area contributed by atoms with Crippen molar-refractivity contribution in [1.29, 1.82) is 0 Å². The van der Waals surface area contributed by atoms with Crippen LogP contribution >= 0.6 is 0 Å². The molecule has 0 saturated carbocycles. The molecule has 0 spiro atoms. The molecule has 0 amide bonds. The van der Waals surface area contributed by atoms with Gasteiger partial charge in [-0.1, -0.05) is 121 Å². The first-order valence-electron chi connectivity index (χ1n) is 21.2. The zero-order valence-electron chi connectivity index (χ0n) is 36.2. The molecule has 2 fully saturated rings. The Bertz CT molecular complexity index is 1260. The molecule has 4 unspecified atom stereocenters. The van der Waals surface area contributed by atoms with Gasteiger partial charge in [-0.2, -0.15) is 0 Å². The Morgan fingerprint density at radius 3 is 1.04 bits per heavy atom. The van der Waals surface area contributed by atoms with Gasteiger partial charge in [0.15, 0.2) is 0 Å². The molecule has 52 heavy (non-hydrogen) atoms. The van der Waals surface area contributed by atoms with Crippen LogP contribution in [0.25, 0.3) is 0 Å². The average molecular weight is 719 g/mol. The van der Waals surface area contributed by atoms with Gasteiger partial charge in [0.1, 0.15) is 11.5 Å². The third-order valence-corrected chi connectivity index (χ3v) is 13.5. The second kappa shape index (κ2) is 17.6. The highest BCUT2D eigenvalue weighted by Crippen LogP contribution is 2.46. The number of benzene rings is 2. The van der Waals surface area contributed by atoms with Gasteiger partial charge in [0.05, 0.1) is 38.6 Å². The van der Waals surface area contributed by atoms with Gasteiger partial charge in [-0.05, 0) is 109 Å². The maximum Gasteiger partial charge on any atom is 0.126 e. The average Bonchev–Trinajstić information content (AvgIpc) is 4.04. The second-order valence-electron chi connectivity index (χ2n) is 19.2. The molecule has 2 aliphatic rings. The maximum atomic E-state index is 6.86. The molecule has 2 aromatic carbocycles. The fraction of sp³-hybridized carbons (Fsp3) is 0.750. The first-order chi connectivity index (χ1) is 24.4. The van der Waals surface area contributed by atoms with Gasteiger partial charge in [-0.25, -0.2) is 0 Å². The van der Waals surface area contributed by atoms with E-state index in [0.717, 1.165) is 102 Å². The molecule has 4 heteroatoms. The molecule has 4 rings (SSSR count). The fourth-order valence-electron chi connectivity index (χ4n) is 7.34. The molecule has 0 N–H and O–H groups in total. The Balaban J connectivity index is 1.68. The topological polar surface area (TPSA) is 43.5 Å². The molecule has 0 radical (unpaired) electrons.